The van der Waals surface area contributed by atoms with Crippen molar-refractivity contribution >= 4 is 28.2 Å². The number of nitro groups is 1. The minimum Gasteiger partial charge on any atom is -0.490 e. The largest absolute Gasteiger partial charge is 0.490 e. The van der Waals surface area contributed by atoms with Gasteiger partial charge in [-0.2, -0.15) is 0 Å². The lowest BCUT2D eigenvalue weighted by atomic mass is 10.1. The summed E-state index contributed by atoms with van der Waals surface area (Å²) in [6, 6.07) is 11.5. The molecule has 1 aromatic heterocycles. The number of aromatic amines is 1. The third kappa shape index (κ3) is 4.06. The fraction of sp³-hybridized carbons (Fsp3) is 0.211. The van der Waals surface area contributed by atoms with Crippen LogP contribution in [-0.4, -0.2) is 33.1 Å². The number of nitrogens with zero attached hydrogens (tertiary/aromatic N) is 1. The first kappa shape index (κ1) is 18.4. The van der Waals surface area contributed by atoms with E-state index in [1.165, 1.54) is 25.1 Å². The summed E-state index contributed by atoms with van der Waals surface area (Å²) in [6.07, 6.45) is 1.81. The SMILES string of the molecule is Cc1cc(NC(=O)C(C)(O)COc2ccc3[nH]ccc3c2)ccc1[N+](=O)[O-]. The van der Waals surface area contributed by atoms with Crippen LogP contribution in [-0.2, 0) is 4.79 Å². The molecule has 3 N–H and O–H groups in total. The van der Waals surface area contributed by atoms with Crippen molar-refractivity contribution in [2.45, 2.75) is 19.4 Å². The number of amides is 1. The highest BCUT2D eigenvalue weighted by Gasteiger charge is 2.31. The van der Waals surface area contributed by atoms with Crippen LogP contribution in [0.25, 0.3) is 10.9 Å². The van der Waals surface area contributed by atoms with E-state index in [1.54, 1.807) is 19.1 Å². The highest BCUT2D eigenvalue weighted by molar-refractivity contribution is 5.97. The van der Waals surface area contributed by atoms with Crippen molar-refractivity contribution in [3.63, 3.8) is 0 Å². The highest BCUT2D eigenvalue weighted by atomic mass is 16.6. The molecule has 8 heteroatoms. The van der Waals surface area contributed by atoms with Crippen LogP contribution in [0.2, 0.25) is 0 Å². The van der Waals surface area contributed by atoms with Crippen LogP contribution >= 0.6 is 0 Å². The number of benzene rings is 2. The Morgan fingerprint density at radius 1 is 1.30 bits per heavy atom. The van der Waals surface area contributed by atoms with Crippen LogP contribution in [0.15, 0.2) is 48.7 Å². The Balaban J connectivity index is 1.65. The normalized spacial score (nSPS) is 13.1. The number of aromatic nitrogens is 1. The van der Waals surface area contributed by atoms with Gasteiger partial charge in [-0.1, -0.05) is 0 Å². The van der Waals surface area contributed by atoms with Gasteiger partial charge in [0, 0.05) is 34.4 Å². The standard InChI is InChI=1S/C19H19N3O5/c1-12-9-14(3-6-17(12)22(25)26)21-18(23)19(2,24)11-27-15-4-5-16-13(10-15)7-8-20-16/h3-10,20,24H,11H2,1-2H3,(H,21,23). The Bertz CT molecular complexity index is 1010. The van der Waals surface area contributed by atoms with E-state index >= 15 is 0 Å². The summed E-state index contributed by atoms with van der Waals surface area (Å²) in [5, 5.41) is 24.8. The van der Waals surface area contributed by atoms with Gasteiger partial charge in [-0.05, 0) is 50.2 Å². The second-order valence-corrected chi connectivity index (χ2v) is 6.50. The van der Waals surface area contributed by atoms with Crippen LogP contribution < -0.4 is 10.1 Å². The molecule has 27 heavy (non-hydrogen) atoms. The van der Waals surface area contributed by atoms with Gasteiger partial charge in [0.15, 0.2) is 5.60 Å². The van der Waals surface area contributed by atoms with E-state index in [4.69, 9.17) is 4.74 Å². The van der Waals surface area contributed by atoms with Gasteiger partial charge < -0.3 is 20.1 Å². The number of aryl methyl sites for hydroxylation is 1. The molecule has 0 aliphatic rings. The van der Waals surface area contributed by atoms with Crippen LogP contribution in [0.3, 0.4) is 0 Å². The van der Waals surface area contributed by atoms with E-state index < -0.39 is 16.4 Å². The van der Waals surface area contributed by atoms with E-state index in [0.29, 0.717) is 17.0 Å². The number of aliphatic hydroxyl groups is 1. The molecule has 1 amide bonds. The first-order valence-corrected chi connectivity index (χ1v) is 8.25. The van der Waals surface area contributed by atoms with E-state index in [1.807, 2.05) is 18.3 Å². The van der Waals surface area contributed by atoms with Crippen molar-refractivity contribution < 1.29 is 19.6 Å². The first-order chi connectivity index (χ1) is 12.8. The molecule has 0 radical (unpaired) electrons. The van der Waals surface area contributed by atoms with Crippen molar-refractivity contribution in [3.05, 3.63) is 64.3 Å². The molecule has 1 atom stereocenters. The number of rotatable bonds is 6. The van der Waals surface area contributed by atoms with Crippen LogP contribution in [0.4, 0.5) is 11.4 Å². The third-order valence-corrected chi connectivity index (χ3v) is 4.19. The molecule has 1 heterocycles. The van der Waals surface area contributed by atoms with E-state index in [9.17, 15) is 20.0 Å². The van der Waals surface area contributed by atoms with Gasteiger partial charge in [0.2, 0.25) is 0 Å². The summed E-state index contributed by atoms with van der Waals surface area (Å²) in [6.45, 7) is 2.67. The summed E-state index contributed by atoms with van der Waals surface area (Å²) < 4.78 is 5.57. The Morgan fingerprint density at radius 3 is 2.78 bits per heavy atom. The number of fused-ring (bicyclic) bond motifs is 1. The average Bonchev–Trinajstić information content (AvgIpc) is 3.07. The van der Waals surface area contributed by atoms with Gasteiger partial charge in [0.1, 0.15) is 12.4 Å². The van der Waals surface area contributed by atoms with E-state index in [-0.39, 0.29) is 12.3 Å². The maximum absolute atomic E-state index is 12.4. The highest BCUT2D eigenvalue weighted by Crippen LogP contribution is 2.23. The third-order valence-electron chi connectivity index (χ3n) is 4.19. The fourth-order valence-corrected chi connectivity index (χ4v) is 2.61. The Labute approximate surface area is 154 Å². The molecule has 0 spiro atoms. The number of hydrogen-bond acceptors (Lipinski definition) is 5. The number of hydrogen-bond donors (Lipinski definition) is 3. The van der Waals surface area contributed by atoms with Gasteiger partial charge in [0.05, 0.1) is 4.92 Å². The molecule has 3 aromatic rings. The minimum absolute atomic E-state index is 0.0387. The predicted octanol–water partition coefficient (Wildman–Crippen LogP) is 3.15. The molecule has 0 saturated carbocycles. The molecular formula is C19H19N3O5. The van der Waals surface area contributed by atoms with Crippen LogP contribution in [0.5, 0.6) is 5.75 Å². The Hall–Kier alpha value is -3.39. The minimum atomic E-state index is -1.79. The first-order valence-electron chi connectivity index (χ1n) is 8.25. The van der Waals surface area contributed by atoms with Crippen molar-refractivity contribution in [1.29, 1.82) is 0 Å². The predicted molar refractivity (Wildman–Crippen MR) is 101 cm³/mol. The zero-order chi connectivity index (χ0) is 19.6. The number of anilines is 1. The van der Waals surface area contributed by atoms with Crippen LogP contribution in [0, 0.1) is 17.0 Å². The van der Waals surface area contributed by atoms with Gasteiger partial charge in [-0.25, -0.2) is 0 Å². The lowest BCUT2D eigenvalue weighted by Gasteiger charge is -2.22. The molecular weight excluding hydrogens is 350 g/mol. The number of carbonyl (C=O) groups is 1. The quantitative estimate of drug-likeness (QED) is 0.456. The van der Waals surface area contributed by atoms with Gasteiger partial charge in [-0.15, -0.1) is 0 Å². The Morgan fingerprint density at radius 2 is 2.07 bits per heavy atom. The summed E-state index contributed by atoms with van der Waals surface area (Å²) in [7, 11) is 0. The van der Waals surface area contributed by atoms with Crippen molar-refractivity contribution in [1.82, 2.24) is 4.98 Å². The number of ether oxygens (including phenoxy) is 1. The number of H-pyrrole nitrogens is 1. The molecule has 140 valence electrons. The molecule has 0 aliphatic carbocycles. The summed E-state index contributed by atoms with van der Waals surface area (Å²) in [5.74, 6) is -0.139. The smallest absolute Gasteiger partial charge is 0.272 e. The second kappa shape index (κ2) is 7.08. The van der Waals surface area contributed by atoms with Gasteiger partial charge in [-0.3, -0.25) is 14.9 Å². The number of nitro benzene ring substituents is 1. The monoisotopic (exact) mass is 369 g/mol. The summed E-state index contributed by atoms with van der Waals surface area (Å²) >= 11 is 0. The summed E-state index contributed by atoms with van der Waals surface area (Å²) in [5.41, 5.74) is -0.0998. The number of carbonyl (C=O) groups excluding carboxylic acids is 1. The number of nitrogens with one attached hydrogen (secondary N) is 2. The molecule has 2 aromatic carbocycles. The van der Waals surface area contributed by atoms with Gasteiger partial charge in [0.25, 0.3) is 11.6 Å². The maximum Gasteiger partial charge on any atom is 0.272 e. The molecule has 8 nitrogen and oxygen atoms in total. The van der Waals surface area contributed by atoms with Crippen molar-refractivity contribution in [2.75, 3.05) is 11.9 Å². The fourth-order valence-electron chi connectivity index (χ4n) is 2.61. The molecule has 0 bridgehead atoms. The lowest BCUT2D eigenvalue weighted by molar-refractivity contribution is -0.385. The van der Waals surface area contributed by atoms with E-state index in [0.717, 1.165) is 10.9 Å². The van der Waals surface area contributed by atoms with Crippen molar-refractivity contribution in [3.8, 4) is 5.75 Å². The van der Waals surface area contributed by atoms with Crippen LogP contribution in [0.1, 0.15) is 12.5 Å². The van der Waals surface area contributed by atoms with E-state index in [2.05, 4.69) is 10.3 Å². The average molecular weight is 369 g/mol. The molecule has 0 fully saturated rings. The van der Waals surface area contributed by atoms with Crippen molar-refractivity contribution in [2.24, 2.45) is 0 Å². The lowest BCUT2D eigenvalue weighted by Crippen LogP contribution is -2.45. The summed E-state index contributed by atoms with van der Waals surface area (Å²) in [4.78, 5) is 25.8. The maximum atomic E-state index is 12.4. The molecule has 0 aliphatic heterocycles. The zero-order valence-electron chi connectivity index (χ0n) is 14.9. The van der Waals surface area contributed by atoms with Gasteiger partial charge >= 0.3 is 0 Å². The topological polar surface area (TPSA) is 117 Å². The zero-order valence-corrected chi connectivity index (χ0v) is 14.9. The second-order valence-electron chi connectivity index (χ2n) is 6.50. The Kier molecular flexibility index (Phi) is 4.83. The molecule has 1 unspecified atom stereocenters. The molecule has 3 rings (SSSR count). The molecule has 0 saturated heterocycles.